The maximum atomic E-state index is 12.2. The molecular formula is C16H31NO4. The Morgan fingerprint density at radius 2 is 1.62 bits per heavy atom. The molecule has 2 N–H and O–H groups in total. The van der Waals surface area contributed by atoms with Crippen molar-refractivity contribution in [2.75, 3.05) is 19.7 Å². The van der Waals surface area contributed by atoms with E-state index in [1.165, 1.54) is 19.3 Å². The Balaban J connectivity index is 4.17. The van der Waals surface area contributed by atoms with Gasteiger partial charge in [-0.15, -0.1) is 0 Å². The minimum Gasteiger partial charge on any atom is -0.481 e. The van der Waals surface area contributed by atoms with Crippen LogP contribution in [0.4, 0.5) is 0 Å². The van der Waals surface area contributed by atoms with Crippen molar-refractivity contribution in [3.63, 3.8) is 0 Å². The number of carbonyl (C=O) groups excluding carboxylic acids is 1. The zero-order valence-electron chi connectivity index (χ0n) is 13.5. The predicted molar refractivity (Wildman–Crippen MR) is 83.1 cm³/mol. The number of hydrogen-bond acceptors (Lipinski definition) is 3. The van der Waals surface area contributed by atoms with Crippen LogP contribution in [0.25, 0.3) is 0 Å². The Morgan fingerprint density at radius 3 is 2.19 bits per heavy atom. The second-order valence-electron chi connectivity index (χ2n) is 5.78. The van der Waals surface area contributed by atoms with Crippen LogP contribution in [0.3, 0.4) is 0 Å². The molecule has 0 aromatic heterocycles. The highest BCUT2D eigenvalue weighted by atomic mass is 16.4. The number of amides is 1. The van der Waals surface area contributed by atoms with E-state index in [4.69, 9.17) is 10.2 Å². The summed E-state index contributed by atoms with van der Waals surface area (Å²) in [6, 6.07) is 0. The van der Waals surface area contributed by atoms with E-state index in [0.29, 0.717) is 19.5 Å². The molecule has 1 atom stereocenters. The SMILES string of the molecule is CCCCCCCN(CCCO)C(=O)CC(C)CC(=O)O. The maximum absolute atomic E-state index is 12.2. The van der Waals surface area contributed by atoms with Crippen molar-refractivity contribution in [2.24, 2.45) is 5.92 Å². The number of nitrogens with zero attached hydrogens (tertiary/aromatic N) is 1. The monoisotopic (exact) mass is 301 g/mol. The number of carbonyl (C=O) groups is 2. The van der Waals surface area contributed by atoms with E-state index in [9.17, 15) is 9.59 Å². The number of hydrogen-bond donors (Lipinski definition) is 2. The maximum Gasteiger partial charge on any atom is 0.303 e. The van der Waals surface area contributed by atoms with Crippen LogP contribution in [0.1, 0.15) is 65.2 Å². The molecule has 0 aliphatic carbocycles. The van der Waals surface area contributed by atoms with E-state index in [-0.39, 0.29) is 31.3 Å². The molecule has 0 saturated heterocycles. The van der Waals surface area contributed by atoms with Gasteiger partial charge in [0, 0.05) is 32.5 Å². The number of rotatable bonds is 13. The van der Waals surface area contributed by atoms with Gasteiger partial charge in [-0.25, -0.2) is 0 Å². The fraction of sp³-hybridized carbons (Fsp3) is 0.875. The summed E-state index contributed by atoms with van der Waals surface area (Å²) in [7, 11) is 0. The number of aliphatic hydroxyl groups is 1. The van der Waals surface area contributed by atoms with Crippen molar-refractivity contribution < 1.29 is 19.8 Å². The summed E-state index contributed by atoms with van der Waals surface area (Å²) in [5.41, 5.74) is 0. The van der Waals surface area contributed by atoms with E-state index in [2.05, 4.69) is 6.92 Å². The number of carboxylic acid groups (broad SMARTS) is 1. The van der Waals surface area contributed by atoms with Crippen molar-refractivity contribution in [2.45, 2.75) is 65.2 Å². The van der Waals surface area contributed by atoms with Crippen LogP contribution in [0.5, 0.6) is 0 Å². The molecule has 5 heteroatoms. The van der Waals surface area contributed by atoms with Gasteiger partial charge in [-0.05, 0) is 18.8 Å². The Labute approximate surface area is 128 Å². The van der Waals surface area contributed by atoms with Gasteiger partial charge in [-0.1, -0.05) is 39.5 Å². The minimum absolute atomic E-state index is 0.00712. The molecule has 0 fully saturated rings. The summed E-state index contributed by atoms with van der Waals surface area (Å²) < 4.78 is 0. The second kappa shape index (κ2) is 12.6. The van der Waals surface area contributed by atoms with Gasteiger partial charge in [-0.2, -0.15) is 0 Å². The first-order valence-electron chi connectivity index (χ1n) is 8.11. The van der Waals surface area contributed by atoms with Crippen LogP contribution in [0.2, 0.25) is 0 Å². The molecule has 0 aliphatic rings. The molecule has 0 saturated carbocycles. The quantitative estimate of drug-likeness (QED) is 0.513. The molecule has 21 heavy (non-hydrogen) atoms. The highest BCUT2D eigenvalue weighted by molar-refractivity contribution is 5.77. The third-order valence-corrected chi connectivity index (χ3v) is 3.52. The zero-order chi connectivity index (χ0) is 16.1. The molecule has 0 spiro atoms. The van der Waals surface area contributed by atoms with Crippen LogP contribution in [0.15, 0.2) is 0 Å². The Morgan fingerprint density at radius 1 is 1.00 bits per heavy atom. The van der Waals surface area contributed by atoms with Gasteiger partial charge >= 0.3 is 5.97 Å². The lowest BCUT2D eigenvalue weighted by Crippen LogP contribution is -2.34. The fourth-order valence-electron chi connectivity index (χ4n) is 2.33. The summed E-state index contributed by atoms with van der Waals surface area (Å²) >= 11 is 0. The van der Waals surface area contributed by atoms with Crippen molar-refractivity contribution in [1.29, 1.82) is 0 Å². The zero-order valence-corrected chi connectivity index (χ0v) is 13.5. The topological polar surface area (TPSA) is 77.8 Å². The van der Waals surface area contributed by atoms with E-state index < -0.39 is 5.97 Å². The van der Waals surface area contributed by atoms with Crippen molar-refractivity contribution >= 4 is 11.9 Å². The molecule has 0 bridgehead atoms. The lowest BCUT2D eigenvalue weighted by atomic mass is 10.0. The highest BCUT2D eigenvalue weighted by Gasteiger charge is 2.17. The standard InChI is InChI=1S/C16H31NO4/c1-3-4-5-6-7-9-17(10-8-11-18)15(19)12-14(2)13-16(20)21/h14,18H,3-13H2,1-2H3,(H,20,21). The van der Waals surface area contributed by atoms with Crippen molar-refractivity contribution in [3.8, 4) is 0 Å². The first-order valence-corrected chi connectivity index (χ1v) is 8.11. The van der Waals surface area contributed by atoms with Gasteiger partial charge in [-0.3, -0.25) is 9.59 Å². The van der Waals surface area contributed by atoms with Gasteiger partial charge in [0.05, 0.1) is 0 Å². The minimum atomic E-state index is -0.864. The summed E-state index contributed by atoms with van der Waals surface area (Å²) in [4.78, 5) is 24.6. The van der Waals surface area contributed by atoms with Crippen LogP contribution < -0.4 is 0 Å². The summed E-state index contributed by atoms with van der Waals surface area (Å²) in [6.07, 6.45) is 6.57. The van der Waals surface area contributed by atoms with Crippen molar-refractivity contribution in [3.05, 3.63) is 0 Å². The molecule has 1 unspecified atom stereocenters. The Bertz CT molecular complexity index is 294. The summed E-state index contributed by atoms with van der Waals surface area (Å²) in [6.45, 7) is 5.30. The number of carboxylic acids is 1. The first kappa shape index (κ1) is 19.9. The summed E-state index contributed by atoms with van der Waals surface area (Å²) in [5.74, 6) is -1.00. The molecule has 0 aliphatic heterocycles. The van der Waals surface area contributed by atoms with Gasteiger partial charge < -0.3 is 15.1 Å². The van der Waals surface area contributed by atoms with E-state index in [1.54, 1.807) is 11.8 Å². The molecule has 0 aromatic rings. The van der Waals surface area contributed by atoms with Gasteiger partial charge in [0.15, 0.2) is 0 Å². The van der Waals surface area contributed by atoms with Crippen LogP contribution in [-0.2, 0) is 9.59 Å². The van der Waals surface area contributed by atoms with E-state index in [1.807, 2.05) is 0 Å². The molecule has 0 heterocycles. The molecule has 5 nitrogen and oxygen atoms in total. The largest absolute Gasteiger partial charge is 0.481 e. The fourth-order valence-corrected chi connectivity index (χ4v) is 2.33. The molecule has 0 radical (unpaired) electrons. The molecule has 124 valence electrons. The average molecular weight is 301 g/mol. The van der Waals surface area contributed by atoms with Crippen LogP contribution >= 0.6 is 0 Å². The average Bonchev–Trinajstić information content (AvgIpc) is 2.40. The van der Waals surface area contributed by atoms with Crippen molar-refractivity contribution in [1.82, 2.24) is 4.90 Å². The third-order valence-electron chi connectivity index (χ3n) is 3.52. The number of aliphatic carboxylic acids is 1. The second-order valence-corrected chi connectivity index (χ2v) is 5.78. The molecule has 0 aromatic carbocycles. The van der Waals surface area contributed by atoms with Crippen LogP contribution in [0, 0.1) is 5.92 Å². The first-order chi connectivity index (χ1) is 10.0. The third kappa shape index (κ3) is 11.3. The lowest BCUT2D eigenvalue weighted by Gasteiger charge is -2.24. The lowest BCUT2D eigenvalue weighted by molar-refractivity contribution is -0.138. The Hall–Kier alpha value is -1.10. The summed E-state index contributed by atoms with van der Waals surface area (Å²) in [5, 5.41) is 17.7. The predicted octanol–water partition coefficient (Wildman–Crippen LogP) is 2.67. The molecule has 0 rings (SSSR count). The van der Waals surface area contributed by atoms with E-state index in [0.717, 1.165) is 12.8 Å². The molecular weight excluding hydrogens is 270 g/mol. The smallest absolute Gasteiger partial charge is 0.303 e. The van der Waals surface area contributed by atoms with Gasteiger partial charge in [0.1, 0.15) is 0 Å². The van der Waals surface area contributed by atoms with Gasteiger partial charge in [0.2, 0.25) is 5.91 Å². The highest BCUT2D eigenvalue weighted by Crippen LogP contribution is 2.12. The Kier molecular flexibility index (Phi) is 12.0. The number of aliphatic hydroxyl groups excluding tert-OH is 1. The van der Waals surface area contributed by atoms with E-state index >= 15 is 0 Å². The molecule has 1 amide bonds. The normalized spacial score (nSPS) is 12.1. The number of unbranched alkanes of at least 4 members (excludes halogenated alkanes) is 4. The van der Waals surface area contributed by atoms with Gasteiger partial charge in [0.25, 0.3) is 0 Å². The van der Waals surface area contributed by atoms with Crippen LogP contribution in [-0.4, -0.2) is 46.7 Å².